The fraction of sp³-hybridized carbons (Fsp3) is 0.0625. The van der Waals surface area contributed by atoms with Gasteiger partial charge in [0.25, 0.3) is 0 Å². The summed E-state index contributed by atoms with van der Waals surface area (Å²) in [5.41, 5.74) is 1.27. The van der Waals surface area contributed by atoms with E-state index in [1.54, 1.807) is 13.2 Å². The normalized spacial score (nSPS) is 10.7. The second kappa shape index (κ2) is 7.54. The highest BCUT2D eigenvalue weighted by Gasteiger charge is 2.07. The number of carbonyl (C=O) groups excluding carboxylic acids is 1. The molecule has 0 heterocycles. The second-order valence-corrected chi connectivity index (χ2v) is 5.56. The largest absolute Gasteiger partial charge is 0.497 e. The van der Waals surface area contributed by atoms with E-state index in [0.29, 0.717) is 20.8 Å². The summed E-state index contributed by atoms with van der Waals surface area (Å²) in [7, 11) is 1.60. The molecule has 2 rings (SSSR count). The average molecular weight is 357 g/mol. The van der Waals surface area contributed by atoms with Gasteiger partial charge in [0.15, 0.2) is 0 Å². The predicted octanol–water partition coefficient (Wildman–Crippen LogP) is 5.31. The van der Waals surface area contributed by atoms with Crippen LogP contribution in [0.25, 0.3) is 6.08 Å². The number of halogens is 3. The molecule has 0 atom stereocenters. The van der Waals surface area contributed by atoms with Gasteiger partial charge in [0.05, 0.1) is 27.9 Å². The molecule has 0 aliphatic carbocycles. The lowest BCUT2D eigenvalue weighted by Crippen LogP contribution is -2.08. The Balaban J connectivity index is 2.06. The molecule has 0 aliphatic heterocycles. The molecule has 0 saturated heterocycles. The number of benzene rings is 2. The predicted molar refractivity (Wildman–Crippen MR) is 92.1 cm³/mol. The number of hydrogen-bond acceptors (Lipinski definition) is 2. The van der Waals surface area contributed by atoms with Crippen LogP contribution < -0.4 is 10.1 Å². The Morgan fingerprint density at radius 2 is 1.68 bits per heavy atom. The summed E-state index contributed by atoms with van der Waals surface area (Å²) >= 11 is 17.7. The van der Waals surface area contributed by atoms with Crippen molar-refractivity contribution in [1.29, 1.82) is 0 Å². The van der Waals surface area contributed by atoms with Crippen LogP contribution in [0.15, 0.2) is 42.5 Å². The summed E-state index contributed by atoms with van der Waals surface area (Å²) in [6.07, 6.45) is 3.08. The Labute approximate surface area is 143 Å². The Morgan fingerprint density at radius 1 is 1.05 bits per heavy atom. The van der Waals surface area contributed by atoms with Gasteiger partial charge in [-0.3, -0.25) is 4.79 Å². The highest BCUT2D eigenvalue weighted by molar-refractivity contribution is 6.44. The van der Waals surface area contributed by atoms with Crippen molar-refractivity contribution < 1.29 is 9.53 Å². The highest BCUT2D eigenvalue weighted by atomic mass is 35.5. The van der Waals surface area contributed by atoms with Gasteiger partial charge in [0, 0.05) is 6.08 Å². The molecule has 6 heteroatoms. The quantitative estimate of drug-likeness (QED) is 0.596. The van der Waals surface area contributed by atoms with Crippen LogP contribution in [-0.2, 0) is 4.79 Å². The number of nitrogens with one attached hydrogen (secondary N) is 1. The number of anilines is 1. The maximum atomic E-state index is 11.9. The van der Waals surface area contributed by atoms with E-state index in [9.17, 15) is 4.79 Å². The van der Waals surface area contributed by atoms with Gasteiger partial charge in [-0.05, 0) is 35.9 Å². The van der Waals surface area contributed by atoms with Gasteiger partial charge >= 0.3 is 0 Å². The first kappa shape index (κ1) is 16.7. The molecule has 2 aromatic rings. The van der Waals surface area contributed by atoms with Gasteiger partial charge in [-0.1, -0.05) is 46.9 Å². The second-order valence-electron chi connectivity index (χ2n) is 4.34. The van der Waals surface area contributed by atoms with Crippen LogP contribution in [-0.4, -0.2) is 13.0 Å². The minimum absolute atomic E-state index is 0.320. The number of amides is 1. The minimum atomic E-state index is -0.323. The van der Waals surface area contributed by atoms with Gasteiger partial charge in [0.1, 0.15) is 5.75 Å². The van der Waals surface area contributed by atoms with Crippen molar-refractivity contribution in [2.75, 3.05) is 12.4 Å². The van der Waals surface area contributed by atoms with Crippen LogP contribution in [0.2, 0.25) is 15.1 Å². The molecule has 0 spiro atoms. The van der Waals surface area contributed by atoms with E-state index in [1.807, 2.05) is 24.3 Å². The monoisotopic (exact) mass is 355 g/mol. The van der Waals surface area contributed by atoms with Crippen molar-refractivity contribution >= 4 is 52.5 Å². The molecular weight excluding hydrogens is 345 g/mol. The van der Waals surface area contributed by atoms with Crippen molar-refractivity contribution in [2.24, 2.45) is 0 Å². The molecule has 2 aromatic carbocycles. The van der Waals surface area contributed by atoms with Crippen molar-refractivity contribution in [3.8, 4) is 5.75 Å². The first-order valence-electron chi connectivity index (χ1n) is 6.27. The molecular formula is C16H12Cl3NO2. The Bertz CT molecular complexity index is 712. The van der Waals surface area contributed by atoms with Gasteiger partial charge in [-0.2, -0.15) is 0 Å². The Morgan fingerprint density at radius 3 is 2.32 bits per heavy atom. The third kappa shape index (κ3) is 4.41. The molecule has 0 bridgehead atoms. The summed E-state index contributed by atoms with van der Waals surface area (Å²) in [5.74, 6) is 0.431. The summed E-state index contributed by atoms with van der Waals surface area (Å²) in [4.78, 5) is 11.9. The van der Waals surface area contributed by atoms with Gasteiger partial charge in [0.2, 0.25) is 5.91 Å². The fourth-order valence-electron chi connectivity index (χ4n) is 1.68. The summed E-state index contributed by atoms with van der Waals surface area (Å²) in [5, 5.41) is 3.62. The number of ether oxygens (including phenoxy) is 1. The third-order valence-electron chi connectivity index (χ3n) is 2.81. The zero-order chi connectivity index (χ0) is 16.1. The number of hydrogen-bond donors (Lipinski definition) is 1. The van der Waals surface area contributed by atoms with Gasteiger partial charge in [-0.15, -0.1) is 0 Å². The van der Waals surface area contributed by atoms with E-state index in [1.165, 1.54) is 18.2 Å². The first-order chi connectivity index (χ1) is 10.5. The lowest BCUT2D eigenvalue weighted by atomic mass is 10.2. The van der Waals surface area contributed by atoms with Crippen LogP contribution in [0.1, 0.15) is 5.56 Å². The van der Waals surface area contributed by atoms with E-state index >= 15 is 0 Å². The van der Waals surface area contributed by atoms with Gasteiger partial charge in [-0.25, -0.2) is 0 Å². The molecule has 22 heavy (non-hydrogen) atoms. The van der Waals surface area contributed by atoms with Gasteiger partial charge < -0.3 is 10.1 Å². The lowest BCUT2D eigenvalue weighted by Gasteiger charge is -2.06. The maximum absolute atomic E-state index is 11.9. The molecule has 0 aromatic heterocycles. The van der Waals surface area contributed by atoms with Crippen LogP contribution in [0.3, 0.4) is 0 Å². The zero-order valence-corrected chi connectivity index (χ0v) is 13.8. The number of methoxy groups -OCH3 is 1. The Kier molecular flexibility index (Phi) is 5.72. The summed E-state index contributed by atoms with van der Waals surface area (Å²) < 4.78 is 5.07. The van der Waals surface area contributed by atoms with Crippen molar-refractivity contribution in [1.82, 2.24) is 0 Å². The van der Waals surface area contributed by atoms with Crippen LogP contribution in [0.5, 0.6) is 5.75 Å². The van der Waals surface area contributed by atoms with Crippen molar-refractivity contribution in [2.45, 2.75) is 0 Å². The smallest absolute Gasteiger partial charge is 0.248 e. The van der Waals surface area contributed by atoms with E-state index in [4.69, 9.17) is 39.5 Å². The molecule has 3 nitrogen and oxygen atoms in total. The number of rotatable bonds is 4. The fourth-order valence-corrected chi connectivity index (χ4v) is 2.27. The van der Waals surface area contributed by atoms with Crippen LogP contribution >= 0.6 is 34.8 Å². The molecule has 114 valence electrons. The van der Waals surface area contributed by atoms with Crippen molar-refractivity contribution in [3.63, 3.8) is 0 Å². The molecule has 0 saturated carbocycles. The molecule has 1 amide bonds. The molecule has 0 unspecified atom stereocenters. The first-order valence-corrected chi connectivity index (χ1v) is 7.40. The molecule has 0 radical (unpaired) electrons. The molecule has 0 aliphatic rings. The SMILES string of the molecule is COc1ccc(/C=C/C(=O)Nc2cc(Cl)c(Cl)cc2Cl)cc1. The van der Waals surface area contributed by atoms with Crippen LogP contribution in [0, 0.1) is 0 Å². The maximum Gasteiger partial charge on any atom is 0.248 e. The summed E-state index contributed by atoms with van der Waals surface area (Å²) in [6, 6.07) is 10.3. The van der Waals surface area contributed by atoms with Crippen LogP contribution in [0.4, 0.5) is 5.69 Å². The standard InChI is InChI=1S/C16H12Cl3NO2/c1-22-11-5-2-10(3-6-11)4-7-16(21)20-15-9-13(18)12(17)8-14(15)19/h2-9H,1H3,(H,20,21)/b7-4+. The third-order valence-corrected chi connectivity index (χ3v) is 3.85. The minimum Gasteiger partial charge on any atom is -0.497 e. The van der Waals surface area contributed by atoms with Crippen molar-refractivity contribution in [3.05, 3.63) is 63.1 Å². The van der Waals surface area contributed by atoms with E-state index in [0.717, 1.165) is 11.3 Å². The topological polar surface area (TPSA) is 38.3 Å². The number of carbonyl (C=O) groups is 1. The summed E-state index contributed by atoms with van der Waals surface area (Å²) in [6.45, 7) is 0. The lowest BCUT2D eigenvalue weighted by molar-refractivity contribution is -0.111. The van der Waals surface area contributed by atoms with E-state index < -0.39 is 0 Å². The van der Waals surface area contributed by atoms with E-state index in [2.05, 4.69) is 5.32 Å². The molecule has 0 fully saturated rings. The zero-order valence-electron chi connectivity index (χ0n) is 11.6. The van der Waals surface area contributed by atoms with E-state index in [-0.39, 0.29) is 5.91 Å². The highest BCUT2D eigenvalue weighted by Crippen LogP contribution is 2.32. The Hall–Kier alpha value is -1.68. The molecule has 1 N–H and O–H groups in total. The average Bonchev–Trinajstić information content (AvgIpc) is 2.51.